The van der Waals surface area contributed by atoms with Gasteiger partial charge in [0.05, 0.1) is 17.5 Å². The number of benzene rings is 1. The number of aromatic nitrogens is 6. The van der Waals surface area contributed by atoms with Gasteiger partial charge in [0.15, 0.2) is 5.65 Å². The molecule has 0 atom stereocenters. The van der Waals surface area contributed by atoms with Crippen LogP contribution in [0.5, 0.6) is 0 Å². The van der Waals surface area contributed by atoms with Crippen molar-refractivity contribution in [2.45, 2.75) is 19.4 Å². The molecule has 0 fully saturated rings. The van der Waals surface area contributed by atoms with E-state index in [0.29, 0.717) is 18.7 Å². The predicted molar refractivity (Wildman–Crippen MR) is 99.5 cm³/mol. The molecule has 0 aliphatic rings. The number of hydrogen-bond acceptors (Lipinski definition) is 5. The number of nitrogens with zero attached hydrogens (tertiary/aromatic N) is 3. The first kappa shape index (κ1) is 17.0. The van der Waals surface area contributed by atoms with Crippen LogP contribution in [-0.4, -0.2) is 41.4 Å². The highest BCUT2D eigenvalue weighted by Crippen LogP contribution is 2.23. The van der Waals surface area contributed by atoms with Crippen molar-refractivity contribution in [2.24, 2.45) is 0 Å². The van der Waals surface area contributed by atoms with E-state index < -0.39 is 11.2 Å². The molecule has 4 rings (SSSR count). The number of aromatic amines is 3. The summed E-state index contributed by atoms with van der Waals surface area (Å²) in [4.78, 5) is 34.0. The molecule has 1 aromatic carbocycles. The summed E-state index contributed by atoms with van der Waals surface area (Å²) in [6.45, 7) is 0.197. The van der Waals surface area contributed by atoms with Crippen LogP contribution in [-0.2, 0) is 13.0 Å². The molecule has 0 amide bonds. The fraction of sp³-hybridized carbons (Fsp3) is 0.222. The van der Waals surface area contributed by atoms with E-state index in [1.807, 2.05) is 30.3 Å². The van der Waals surface area contributed by atoms with Gasteiger partial charge in [-0.05, 0) is 12.0 Å². The lowest BCUT2D eigenvalue weighted by Gasteiger charge is -2.03. The second-order valence-corrected chi connectivity index (χ2v) is 6.20. The first-order chi connectivity index (χ1) is 13.2. The van der Waals surface area contributed by atoms with Crippen molar-refractivity contribution in [1.82, 2.24) is 29.7 Å². The number of H-pyrrole nitrogens is 3. The van der Waals surface area contributed by atoms with Crippen molar-refractivity contribution in [3.8, 4) is 11.4 Å². The van der Waals surface area contributed by atoms with Crippen LogP contribution >= 0.6 is 0 Å². The van der Waals surface area contributed by atoms with Crippen LogP contribution in [0.1, 0.15) is 17.7 Å². The molecular weight excluding hydrogens is 348 g/mol. The lowest BCUT2D eigenvalue weighted by Crippen LogP contribution is -2.30. The fourth-order valence-electron chi connectivity index (χ4n) is 3.06. The predicted octanol–water partition coefficient (Wildman–Crippen LogP) is 0.776. The van der Waals surface area contributed by atoms with E-state index in [2.05, 4.69) is 25.1 Å². The minimum absolute atomic E-state index is 0.0622. The third-order valence-corrected chi connectivity index (χ3v) is 4.37. The van der Waals surface area contributed by atoms with Crippen LogP contribution in [0.2, 0.25) is 0 Å². The monoisotopic (exact) mass is 366 g/mol. The maximum Gasteiger partial charge on any atom is 0.330 e. The maximum absolute atomic E-state index is 12.2. The number of aliphatic hydroxyl groups is 1. The second kappa shape index (κ2) is 7.04. The summed E-state index contributed by atoms with van der Waals surface area (Å²) in [6.07, 6.45) is 2.65. The average molecular weight is 366 g/mol. The highest BCUT2D eigenvalue weighted by molar-refractivity contribution is 5.75. The Kier molecular flexibility index (Phi) is 4.43. The molecule has 0 radical (unpaired) electrons. The number of hydrogen-bond donors (Lipinski definition) is 4. The Morgan fingerprint density at radius 1 is 1.11 bits per heavy atom. The Balaban J connectivity index is 1.80. The molecule has 0 bridgehead atoms. The van der Waals surface area contributed by atoms with Crippen LogP contribution in [0, 0.1) is 0 Å². The minimum Gasteiger partial charge on any atom is -0.396 e. The van der Waals surface area contributed by atoms with Crippen molar-refractivity contribution in [2.75, 3.05) is 6.61 Å². The van der Waals surface area contributed by atoms with Gasteiger partial charge in [-0.1, -0.05) is 30.3 Å². The number of rotatable bonds is 6. The molecule has 9 nitrogen and oxygen atoms in total. The van der Waals surface area contributed by atoms with Gasteiger partial charge >= 0.3 is 5.69 Å². The Morgan fingerprint density at radius 2 is 1.93 bits per heavy atom. The van der Waals surface area contributed by atoms with Crippen molar-refractivity contribution in [1.29, 1.82) is 0 Å². The Bertz CT molecular complexity index is 1190. The molecule has 0 aliphatic carbocycles. The molecule has 0 saturated carbocycles. The third kappa shape index (κ3) is 3.20. The number of nitrogens with one attached hydrogen (secondary N) is 3. The first-order valence-electron chi connectivity index (χ1n) is 8.57. The molecule has 3 heterocycles. The normalized spacial score (nSPS) is 11.3. The Morgan fingerprint density at radius 3 is 2.70 bits per heavy atom. The quantitative estimate of drug-likeness (QED) is 0.400. The Hall–Kier alpha value is -3.46. The number of aliphatic hydroxyl groups excluding tert-OH is 1. The molecule has 9 heteroatoms. The van der Waals surface area contributed by atoms with Gasteiger partial charge in [0.25, 0.3) is 5.56 Å². The van der Waals surface area contributed by atoms with E-state index in [1.165, 1.54) is 4.57 Å². The van der Waals surface area contributed by atoms with Gasteiger partial charge in [-0.3, -0.25) is 19.4 Å². The fourth-order valence-corrected chi connectivity index (χ4v) is 3.06. The smallest absolute Gasteiger partial charge is 0.330 e. The van der Waals surface area contributed by atoms with E-state index in [-0.39, 0.29) is 24.3 Å². The minimum atomic E-state index is -0.546. The molecule has 3 aromatic heterocycles. The van der Waals surface area contributed by atoms with E-state index in [1.54, 1.807) is 6.20 Å². The SMILES string of the molecule is O=c1[nH]c(=O)n(CCCO)c2nc(-c3cn[nH]c3Cc3ccccc3)[nH]c12. The Labute approximate surface area is 152 Å². The summed E-state index contributed by atoms with van der Waals surface area (Å²) in [7, 11) is 0. The summed E-state index contributed by atoms with van der Waals surface area (Å²) in [5.74, 6) is 0.457. The lowest BCUT2D eigenvalue weighted by atomic mass is 10.1. The van der Waals surface area contributed by atoms with Gasteiger partial charge in [0, 0.05) is 19.6 Å². The number of imidazole rings is 1. The van der Waals surface area contributed by atoms with E-state index in [0.717, 1.165) is 16.8 Å². The van der Waals surface area contributed by atoms with Gasteiger partial charge in [0.1, 0.15) is 11.3 Å². The van der Waals surface area contributed by atoms with Crippen molar-refractivity contribution < 1.29 is 5.11 Å². The second-order valence-electron chi connectivity index (χ2n) is 6.20. The third-order valence-electron chi connectivity index (χ3n) is 4.37. The van der Waals surface area contributed by atoms with E-state index in [4.69, 9.17) is 5.11 Å². The molecule has 27 heavy (non-hydrogen) atoms. The highest BCUT2D eigenvalue weighted by atomic mass is 16.3. The van der Waals surface area contributed by atoms with Gasteiger partial charge in [-0.25, -0.2) is 9.78 Å². The molecule has 4 N–H and O–H groups in total. The molecule has 0 saturated heterocycles. The standard InChI is InChI=1S/C18H18N6O3/c25-8-4-7-24-16-14(17(26)22-18(24)27)20-15(21-16)12-10-19-23-13(12)9-11-5-2-1-3-6-11/h1-3,5-6,10,25H,4,7-9H2,(H,19,23)(H,20,21)(H,22,26,27). The summed E-state index contributed by atoms with van der Waals surface area (Å²) in [6, 6.07) is 9.91. The molecule has 138 valence electrons. The zero-order chi connectivity index (χ0) is 18.8. The molecular formula is C18H18N6O3. The zero-order valence-corrected chi connectivity index (χ0v) is 14.4. The lowest BCUT2D eigenvalue weighted by molar-refractivity contribution is 0.279. The molecule has 4 aromatic rings. The van der Waals surface area contributed by atoms with Crippen LogP contribution in [0.4, 0.5) is 0 Å². The molecule has 0 unspecified atom stereocenters. The molecule has 0 spiro atoms. The average Bonchev–Trinajstić information content (AvgIpc) is 3.29. The van der Waals surface area contributed by atoms with Gasteiger partial charge in [0.2, 0.25) is 0 Å². The van der Waals surface area contributed by atoms with Crippen LogP contribution in [0.25, 0.3) is 22.6 Å². The zero-order valence-electron chi connectivity index (χ0n) is 14.4. The van der Waals surface area contributed by atoms with Gasteiger partial charge in [-0.15, -0.1) is 0 Å². The topological polar surface area (TPSA) is 132 Å². The summed E-state index contributed by atoms with van der Waals surface area (Å²) in [5, 5.41) is 16.1. The van der Waals surface area contributed by atoms with Gasteiger partial charge < -0.3 is 10.1 Å². The largest absolute Gasteiger partial charge is 0.396 e. The molecule has 0 aliphatic heterocycles. The summed E-state index contributed by atoms with van der Waals surface area (Å²) < 4.78 is 1.35. The van der Waals surface area contributed by atoms with Crippen molar-refractivity contribution in [3.63, 3.8) is 0 Å². The maximum atomic E-state index is 12.2. The van der Waals surface area contributed by atoms with E-state index >= 15 is 0 Å². The highest BCUT2D eigenvalue weighted by Gasteiger charge is 2.17. The first-order valence-corrected chi connectivity index (χ1v) is 8.57. The van der Waals surface area contributed by atoms with Gasteiger partial charge in [-0.2, -0.15) is 5.10 Å². The number of fused-ring (bicyclic) bond motifs is 1. The van der Waals surface area contributed by atoms with Crippen molar-refractivity contribution >= 4 is 11.2 Å². The van der Waals surface area contributed by atoms with Crippen LogP contribution in [0.3, 0.4) is 0 Å². The van der Waals surface area contributed by atoms with Crippen LogP contribution in [0.15, 0.2) is 46.1 Å². The number of aryl methyl sites for hydroxylation is 1. The summed E-state index contributed by atoms with van der Waals surface area (Å²) >= 11 is 0. The van der Waals surface area contributed by atoms with Crippen molar-refractivity contribution in [3.05, 3.63) is 68.6 Å². The summed E-state index contributed by atoms with van der Waals surface area (Å²) in [5.41, 5.74) is 2.10. The van der Waals surface area contributed by atoms with Crippen LogP contribution < -0.4 is 11.2 Å². The van der Waals surface area contributed by atoms with E-state index in [9.17, 15) is 9.59 Å².